The second-order valence-electron chi connectivity index (χ2n) is 7.83. The topological polar surface area (TPSA) is 65.8 Å². The molecule has 0 bridgehead atoms. The molecule has 5 nitrogen and oxygen atoms in total. The van der Waals surface area contributed by atoms with Crippen molar-refractivity contribution in [3.05, 3.63) is 35.5 Å². The number of ether oxygens (including phenoxy) is 1. The highest BCUT2D eigenvalue weighted by atomic mass is 19.4. The molecular formula is C20H23F3N2O3. The summed E-state index contributed by atoms with van der Waals surface area (Å²) >= 11 is 0. The van der Waals surface area contributed by atoms with E-state index in [-0.39, 0.29) is 6.61 Å². The molecule has 0 saturated carbocycles. The van der Waals surface area contributed by atoms with E-state index in [1.165, 1.54) is 6.07 Å². The van der Waals surface area contributed by atoms with Gasteiger partial charge in [-0.3, -0.25) is 4.98 Å². The van der Waals surface area contributed by atoms with Gasteiger partial charge in [-0.1, -0.05) is 6.07 Å². The molecule has 28 heavy (non-hydrogen) atoms. The number of aliphatic hydroxyl groups is 2. The van der Waals surface area contributed by atoms with Crippen LogP contribution < -0.4 is 4.90 Å². The van der Waals surface area contributed by atoms with Gasteiger partial charge in [0.1, 0.15) is 6.10 Å². The number of piperidine rings is 1. The first-order valence-corrected chi connectivity index (χ1v) is 9.41. The molecule has 0 aliphatic carbocycles. The minimum absolute atomic E-state index is 0.124. The van der Waals surface area contributed by atoms with Crippen LogP contribution in [0.2, 0.25) is 0 Å². The molecule has 2 aliphatic rings. The van der Waals surface area contributed by atoms with Gasteiger partial charge in [-0.15, -0.1) is 0 Å². The number of nitrogens with zero attached hydrogens (tertiary/aromatic N) is 2. The highest BCUT2D eigenvalue weighted by Crippen LogP contribution is 2.39. The molecule has 8 heteroatoms. The lowest BCUT2D eigenvalue weighted by Crippen LogP contribution is -2.54. The number of aliphatic hydroxyl groups excluding tert-OH is 2. The fraction of sp³-hybridized carbons (Fsp3) is 0.550. The zero-order valence-electron chi connectivity index (χ0n) is 15.5. The van der Waals surface area contributed by atoms with Crippen LogP contribution in [-0.2, 0) is 10.9 Å². The van der Waals surface area contributed by atoms with Crippen LogP contribution in [0.25, 0.3) is 10.9 Å². The number of aryl methyl sites for hydroxylation is 1. The lowest BCUT2D eigenvalue weighted by atomic mass is 9.82. The predicted octanol–water partition coefficient (Wildman–Crippen LogP) is 3.04. The third kappa shape index (κ3) is 3.56. The molecule has 0 amide bonds. The van der Waals surface area contributed by atoms with Crippen molar-refractivity contribution in [3.63, 3.8) is 0 Å². The molecule has 2 atom stereocenters. The summed E-state index contributed by atoms with van der Waals surface area (Å²) in [7, 11) is 0. The Morgan fingerprint density at radius 2 is 1.86 bits per heavy atom. The van der Waals surface area contributed by atoms with Gasteiger partial charge >= 0.3 is 6.18 Å². The van der Waals surface area contributed by atoms with Crippen LogP contribution in [0, 0.1) is 6.92 Å². The normalized spacial score (nSPS) is 25.4. The summed E-state index contributed by atoms with van der Waals surface area (Å²) in [5.41, 5.74) is 0.704. The quantitative estimate of drug-likeness (QED) is 0.776. The molecule has 0 radical (unpaired) electrons. The average molecular weight is 396 g/mol. The second-order valence-corrected chi connectivity index (χ2v) is 7.83. The van der Waals surface area contributed by atoms with Gasteiger partial charge in [0.2, 0.25) is 0 Å². The Labute approximate surface area is 160 Å². The van der Waals surface area contributed by atoms with Gasteiger partial charge in [0.25, 0.3) is 0 Å². The lowest BCUT2D eigenvalue weighted by molar-refractivity contribution is -0.178. The molecule has 1 spiro atoms. The summed E-state index contributed by atoms with van der Waals surface area (Å²) < 4.78 is 45.0. The van der Waals surface area contributed by atoms with Gasteiger partial charge < -0.3 is 19.8 Å². The monoisotopic (exact) mass is 396 g/mol. The van der Waals surface area contributed by atoms with E-state index in [1.807, 2.05) is 6.07 Å². The molecule has 3 heterocycles. The van der Waals surface area contributed by atoms with E-state index in [2.05, 4.69) is 9.88 Å². The standard InChI is InChI=1S/C20H23F3N2O3/c1-12-8-16(14-3-2-13(20(21,22)23)9-15(14)24-12)25-6-4-19(5-7-25)10-17(26)18(27)11-28-19/h2-3,8-9,17-18,26-27H,4-7,10-11H2,1H3/t17-,18+/m1/s1. The minimum atomic E-state index is -4.40. The van der Waals surface area contributed by atoms with Crippen molar-refractivity contribution in [1.82, 2.24) is 4.98 Å². The molecule has 2 N–H and O–H groups in total. The number of aromatic nitrogens is 1. The molecule has 2 fully saturated rings. The van der Waals surface area contributed by atoms with Crippen LogP contribution in [0.4, 0.5) is 18.9 Å². The molecule has 1 aromatic carbocycles. The van der Waals surface area contributed by atoms with Gasteiger partial charge in [0.15, 0.2) is 0 Å². The number of alkyl halides is 3. The van der Waals surface area contributed by atoms with Crippen LogP contribution in [0.5, 0.6) is 0 Å². The first-order chi connectivity index (χ1) is 13.2. The van der Waals surface area contributed by atoms with Gasteiger partial charge in [0.05, 0.1) is 29.4 Å². The van der Waals surface area contributed by atoms with Crippen LogP contribution in [0.15, 0.2) is 24.3 Å². The number of rotatable bonds is 1. The Balaban J connectivity index is 1.60. The Morgan fingerprint density at radius 1 is 1.14 bits per heavy atom. The van der Waals surface area contributed by atoms with Crippen molar-refractivity contribution >= 4 is 16.6 Å². The summed E-state index contributed by atoms with van der Waals surface area (Å²) in [4.78, 5) is 6.43. The van der Waals surface area contributed by atoms with Crippen LogP contribution >= 0.6 is 0 Å². The van der Waals surface area contributed by atoms with E-state index in [1.54, 1.807) is 6.92 Å². The Hall–Kier alpha value is -1.90. The molecule has 152 valence electrons. The summed E-state index contributed by atoms with van der Waals surface area (Å²) in [6.07, 6.45) is -4.28. The average Bonchev–Trinajstić information content (AvgIpc) is 2.64. The van der Waals surface area contributed by atoms with E-state index in [0.29, 0.717) is 48.9 Å². The highest BCUT2D eigenvalue weighted by molar-refractivity contribution is 5.92. The van der Waals surface area contributed by atoms with E-state index in [9.17, 15) is 23.4 Å². The largest absolute Gasteiger partial charge is 0.416 e. The number of halogens is 3. The van der Waals surface area contributed by atoms with E-state index in [4.69, 9.17) is 4.74 Å². The number of fused-ring (bicyclic) bond motifs is 1. The Bertz CT molecular complexity index is 879. The number of hydrogen-bond donors (Lipinski definition) is 2. The highest BCUT2D eigenvalue weighted by Gasteiger charge is 2.43. The van der Waals surface area contributed by atoms with Gasteiger partial charge in [0, 0.05) is 36.3 Å². The maximum Gasteiger partial charge on any atom is 0.416 e. The summed E-state index contributed by atoms with van der Waals surface area (Å²) in [5, 5.41) is 20.4. The number of benzene rings is 1. The maximum absolute atomic E-state index is 13.0. The van der Waals surface area contributed by atoms with Crippen molar-refractivity contribution in [2.45, 2.75) is 50.2 Å². The molecule has 2 aromatic rings. The van der Waals surface area contributed by atoms with E-state index >= 15 is 0 Å². The van der Waals surface area contributed by atoms with Crippen LogP contribution in [0.3, 0.4) is 0 Å². The summed E-state index contributed by atoms with van der Waals surface area (Å²) in [5.74, 6) is 0. The molecule has 2 saturated heterocycles. The van der Waals surface area contributed by atoms with Crippen molar-refractivity contribution in [2.24, 2.45) is 0 Å². The predicted molar refractivity (Wildman–Crippen MR) is 98.2 cm³/mol. The smallest absolute Gasteiger partial charge is 0.390 e. The Morgan fingerprint density at radius 3 is 2.50 bits per heavy atom. The maximum atomic E-state index is 13.0. The van der Waals surface area contributed by atoms with Gasteiger partial charge in [-0.2, -0.15) is 13.2 Å². The first-order valence-electron chi connectivity index (χ1n) is 9.41. The first kappa shape index (κ1) is 19.4. The third-order valence-corrected chi connectivity index (χ3v) is 5.84. The number of hydrogen-bond acceptors (Lipinski definition) is 5. The lowest BCUT2D eigenvalue weighted by Gasteiger charge is -2.47. The van der Waals surface area contributed by atoms with Crippen molar-refractivity contribution in [1.29, 1.82) is 0 Å². The molecule has 1 aromatic heterocycles. The fourth-order valence-electron chi connectivity index (χ4n) is 4.23. The Kier molecular flexibility index (Phi) is 4.76. The second kappa shape index (κ2) is 6.86. The fourth-order valence-corrected chi connectivity index (χ4v) is 4.23. The molecule has 2 aliphatic heterocycles. The number of anilines is 1. The third-order valence-electron chi connectivity index (χ3n) is 5.84. The minimum Gasteiger partial charge on any atom is -0.390 e. The zero-order valence-corrected chi connectivity index (χ0v) is 15.5. The van der Waals surface area contributed by atoms with Crippen LogP contribution in [-0.4, -0.2) is 52.7 Å². The van der Waals surface area contributed by atoms with Crippen molar-refractivity contribution in [3.8, 4) is 0 Å². The molecule has 0 unspecified atom stereocenters. The van der Waals surface area contributed by atoms with Crippen LogP contribution in [0.1, 0.15) is 30.5 Å². The number of pyridine rings is 1. The van der Waals surface area contributed by atoms with Gasteiger partial charge in [-0.05, 0) is 38.0 Å². The van der Waals surface area contributed by atoms with E-state index in [0.717, 1.165) is 17.8 Å². The van der Waals surface area contributed by atoms with Crippen molar-refractivity contribution in [2.75, 3.05) is 24.6 Å². The molecular weight excluding hydrogens is 373 g/mol. The summed E-state index contributed by atoms with van der Waals surface area (Å²) in [6, 6.07) is 5.57. The van der Waals surface area contributed by atoms with Gasteiger partial charge in [-0.25, -0.2) is 0 Å². The van der Waals surface area contributed by atoms with Crippen molar-refractivity contribution < 1.29 is 28.1 Å². The SMILES string of the molecule is Cc1cc(N2CCC3(CC2)C[C@@H](O)[C@@H](O)CO3)c2ccc(C(F)(F)F)cc2n1. The molecule has 4 rings (SSSR count). The zero-order chi connectivity index (χ0) is 20.1. The summed E-state index contributed by atoms with van der Waals surface area (Å²) in [6.45, 7) is 3.21. The van der Waals surface area contributed by atoms with E-state index < -0.39 is 29.5 Å².